The zero-order valence-electron chi connectivity index (χ0n) is 14.5. The highest BCUT2D eigenvalue weighted by Gasteiger charge is 2.19. The maximum absolute atomic E-state index is 12.4. The minimum atomic E-state index is -0.537. The second kappa shape index (κ2) is 7.97. The van der Waals surface area contributed by atoms with E-state index >= 15 is 0 Å². The SMILES string of the molecule is C=CC(=O)N(Cc1cnn(C2CCOCC2)c1)c1cccc(C(N)=O)c1. The molecule has 3 rings (SSSR count). The van der Waals surface area contributed by atoms with Crippen molar-refractivity contribution in [2.75, 3.05) is 18.1 Å². The molecule has 2 N–H and O–H groups in total. The Balaban J connectivity index is 1.82. The minimum Gasteiger partial charge on any atom is -0.381 e. The maximum Gasteiger partial charge on any atom is 0.250 e. The van der Waals surface area contributed by atoms with Crippen molar-refractivity contribution in [1.82, 2.24) is 9.78 Å². The van der Waals surface area contributed by atoms with Gasteiger partial charge in [-0.15, -0.1) is 0 Å². The van der Waals surface area contributed by atoms with Gasteiger partial charge in [0.25, 0.3) is 5.91 Å². The van der Waals surface area contributed by atoms with E-state index in [0.717, 1.165) is 31.6 Å². The predicted octanol–water partition coefficient (Wildman–Crippen LogP) is 2.05. The lowest BCUT2D eigenvalue weighted by atomic mass is 10.1. The van der Waals surface area contributed by atoms with Gasteiger partial charge in [0.05, 0.1) is 18.8 Å². The third kappa shape index (κ3) is 4.00. The Kier molecular flexibility index (Phi) is 5.48. The monoisotopic (exact) mass is 354 g/mol. The van der Waals surface area contributed by atoms with E-state index in [9.17, 15) is 9.59 Å². The zero-order chi connectivity index (χ0) is 18.5. The Morgan fingerprint density at radius 2 is 2.15 bits per heavy atom. The molecule has 7 nitrogen and oxygen atoms in total. The quantitative estimate of drug-likeness (QED) is 0.804. The van der Waals surface area contributed by atoms with E-state index in [0.29, 0.717) is 23.8 Å². The summed E-state index contributed by atoms with van der Waals surface area (Å²) in [4.78, 5) is 25.3. The van der Waals surface area contributed by atoms with Crippen LogP contribution in [0.2, 0.25) is 0 Å². The summed E-state index contributed by atoms with van der Waals surface area (Å²) in [7, 11) is 0. The van der Waals surface area contributed by atoms with Gasteiger partial charge in [-0.2, -0.15) is 5.10 Å². The number of anilines is 1. The third-order valence-corrected chi connectivity index (χ3v) is 4.44. The van der Waals surface area contributed by atoms with Gasteiger partial charge in [0, 0.05) is 36.2 Å². The number of carbonyl (C=O) groups is 2. The van der Waals surface area contributed by atoms with Crippen LogP contribution in [0.15, 0.2) is 49.3 Å². The number of carbonyl (C=O) groups excluding carboxylic acids is 2. The third-order valence-electron chi connectivity index (χ3n) is 4.44. The standard InChI is InChI=1S/C19H22N4O3/c1-2-18(24)22(17-5-3-4-15(10-17)19(20)25)12-14-11-21-23(13-14)16-6-8-26-9-7-16/h2-5,10-11,13,16H,1,6-9,12H2,(H2,20,25). The number of nitrogens with zero attached hydrogens (tertiary/aromatic N) is 3. The number of benzene rings is 1. The van der Waals surface area contributed by atoms with Crippen molar-refractivity contribution >= 4 is 17.5 Å². The van der Waals surface area contributed by atoms with E-state index in [1.54, 1.807) is 35.4 Å². The molecule has 1 aliphatic rings. The van der Waals surface area contributed by atoms with Crippen LogP contribution >= 0.6 is 0 Å². The molecular formula is C19H22N4O3. The lowest BCUT2D eigenvalue weighted by molar-refractivity contribution is -0.114. The van der Waals surface area contributed by atoms with Crippen molar-refractivity contribution in [2.24, 2.45) is 5.73 Å². The Hall–Kier alpha value is -2.93. The number of amides is 2. The van der Waals surface area contributed by atoms with Crippen molar-refractivity contribution in [3.8, 4) is 0 Å². The zero-order valence-corrected chi connectivity index (χ0v) is 14.5. The fraction of sp³-hybridized carbons (Fsp3) is 0.316. The average Bonchev–Trinajstić information content (AvgIpc) is 3.15. The van der Waals surface area contributed by atoms with Crippen LogP contribution in [0.25, 0.3) is 0 Å². The summed E-state index contributed by atoms with van der Waals surface area (Å²) in [6, 6.07) is 7.00. The summed E-state index contributed by atoms with van der Waals surface area (Å²) < 4.78 is 7.32. The maximum atomic E-state index is 12.4. The van der Waals surface area contributed by atoms with Crippen LogP contribution in [-0.4, -0.2) is 34.8 Å². The normalized spacial score (nSPS) is 14.8. The molecule has 0 atom stereocenters. The van der Waals surface area contributed by atoms with Crippen molar-refractivity contribution < 1.29 is 14.3 Å². The predicted molar refractivity (Wildman–Crippen MR) is 97.7 cm³/mol. The van der Waals surface area contributed by atoms with E-state index < -0.39 is 5.91 Å². The Labute approximate surface area is 152 Å². The number of aromatic nitrogens is 2. The molecule has 1 fully saturated rings. The van der Waals surface area contributed by atoms with Gasteiger partial charge in [-0.1, -0.05) is 12.6 Å². The second-order valence-corrected chi connectivity index (χ2v) is 6.22. The summed E-state index contributed by atoms with van der Waals surface area (Å²) in [5, 5.41) is 4.44. The van der Waals surface area contributed by atoms with Gasteiger partial charge in [0.2, 0.25) is 5.91 Å². The van der Waals surface area contributed by atoms with Gasteiger partial charge in [-0.3, -0.25) is 14.3 Å². The van der Waals surface area contributed by atoms with Gasteiger partial charge in [0.15, 0.2) is 0 Å². The average molecular weight is 354 g/mol. The topological polar surface area (TPSA) is 90.4 Å². The second-order valence-electron chi connectivity index (χ2n) is 6.22. The molecule has 26 heavy (non-hydrogen) atoms. The molecule has 0 saturated carbocycles. The molecule has 1 saturated heterocycles. The lowest BCUT2D eigenvalue weighted by Gasteiger charge is -2.23. The van der Waals surface area contributed by atoms with E-state index in [1.807, 2.05) is 10.9 Å². The van der Waals surface area contributed by atoms with E-state index in [-0.39, 0.29) is 5.91 Å². The minimum absolute atomic E-state index is 0.259. The number of ether oxygens (including phenoxy) is 1. The number of rotatable bonds is 6. The molecule has 136 valence electrons. The molecule has 0 radical (unpaired) electrons. The highest BCUT2D eigenvalue weighted by atomic mass is 16.5. The van der Waals surface area contributed by atoms with Crippen LogP contribution in [0, 0.1) is 0 Å². The Morgan fingerprint density at radius 3 is 2.85 bits per heavy atom. The first-order valence-corrected chi connectivity index (χ1v) is 8.53. The summed E-state index contributed by atoms with van der Waals surface area (Å²) in [6.07, 6.45) is 6.82. The van der Waals surface area contributed by atoms with Crippen LogP contribution in [0.3, 0.4) is 0 Å². The van der Waals surface area contributed by atoms with Crippen molar-refractivity contribution in [1.29, 1.82) is 0 Å². The van der Waals surface area contributed by atoms with Crippen LogP contribution in [0.4, 0.5) is 5.69 Å². The Morgan fingerprint density at radius 1 is 1.38 bits per heavy atom. The molecule has 0 bridgehead atoms. The van der Waals surface area contributed by atoms with E-state index in [4.69, 9.17) is 10.5 Å². The highest BCUT2D eigenvalue weighted by molar-refractivity contribution is 6.02. The molecule has 1 aromatic carbocycles. The molecular weight excluding hydrogens is 332 g/mol. The van der Waals surface area contributed by atoms with Crippen molar-refractivity contribution in [2.45, 2.75) is 25.4 Å². The van der Waals surface area contributed by atoms with Crippen LogP contribution < -0.4 is 10.6 Å². The molecule has 2 heterocycles. The van der Waals surface area contributed by atoms with Gasteiger partial charge < -0.3 is 15.4 Å². The van der Waals surface area contributed by atoms with Crippen LogP contribution in [0.1, 0.15) is 34.8 Å². The lowest BCUT2D eigenvalue weighted by Crippen LogP contribution is -2.28. The molecule has 0 spiro atoms. The number of nitrogens with two attached hydrogens (primary N) is 1. The summed E-state index contributed by atoms with van der Waals surface area (Å²) >= 11 is 0. The number of hydrogen-bond donors (Lipinski definition) is 1. The van der Waals surface area contributed by atoms with E-state index in [2.05, 4.69) is 11.7 Å². The molecule has 2 aromatic rings. The summed E-state index contributed by atoms with van der Waals surface area (Å²) in [6.45, 7) is 5.37. The summed E-state index contributed by atoms with van der Waals surface area (Å²) in [5.41, 5.74) is 7.18. The molecule has 1 aromatic heterocycles. The first-order valence-electron chi connectivity index (χ1n) is 8.53. The number of primary amides is 1. The fourth-order valence-electron chi connectivity index (χ4n) is 3.02. The molecule has 7 heteroatoms. The number of hydrogen-bond acceptors (Lipinski definition) is 4. The van der Waals surface area contributed by atoms with Gasteiger partial charge in [-0.05, 0) is 37.1 Å². The Bertz CT molecular complexity index is 809. The highest BCUT2D eigenvalue weighted by Crippen LogP contribution is 2.23. The molecule has 2 amide bonds. The van der Waals surface area contributed by atoms with Crippen molar-refractivity contribution in [3.63, 3.8) is 0 Å². The van der Waals surface area contributed by atoms with Crippen LogP contribution in [0.5, 0.6) is 0 Å². The summed E-state index contributed by atoms with van der Waals surface area (Å²) in [5.74, 6) is -0.796. The largest absolute Gasteiger partial charge is 0.381 e. The molecule has 0 aliphatic carbocycles. The fourth-order valence-corrected chi connectivity index (χ4v) is 3.02. The smallest absolute Gasteiger partial charge is 0.250 e. The first-order chi connectivity index (χ1) is 12.6. The molecule has 1 aliphatic heterocycles. The molecule has 0 unspecified atom stereocenters. The first kappa shape index (κ1) is 17.9. The van der Waals surface area contributed by atoms with Crippen LogP contribution in [-0.2, 0) is 16.1 Å². The van der Waals surface area contributed by atoms with Gasteiger partial charge >= 0.3 is 0 Å². The van der Waals surface area contributed by atoms with E-state index in [1.165, 1.54) is 6.08 Å². The van der Waals surface area contributed by atoms with Crippen molar-refractivity contribution in [3.05, 3.63) is 60.4 Å². The van der Waals surface area contributed by atoms with Gasteiger partial charge in [-0.25, -0.2) is 0 Å². The van der Waals surface area contributed by atoms with Gasteiger partial charge in [0.1, 0.15) is 0 Å².